The van der Waals surface area contributed by atoms with E-state index < -0.39 is 10.0 Å². The summed E-state index contributed by atoms with van der Waals surface area (Å²) in [7, 11) is -3.75. The predicted molar refractivity (Wildman–Crippen MR) is 130 cm³/mol. The van der Waals surface area contributed by atoms with Gasteiger partial charge in [0.25, 0.3) is 15.9 Å². The van der Waals surface area contributed by atoms with E-state index in [2.05, 4.69) is 20.1 Å². The van der Waals surface area contributed by atoms with Crippen LogP contribution >= 0.6 is 0 Å². The summed E-state index contributed by atoms with van der Waals surface area (Å²) in [5.41, 5.74) is 3.92. The standard InChI is InChI=1S/C25H25N5O3S/c1-19-21(18-30(28-19)23-7-3-2-4-8-23)6-5-15-27-25(31)20-9-11-24(12-10-20)34(32,33)29-22-13-16-26-17-14-22/h2-4,7-14,16-18H,5-6,15H2,1H3,(H,26,29)(H,27,31). The molecule has 34 heavy (non-hydrogen) atoms. The molecule has 0 atom stereocenters. The largest absolute Gasteiger partial charge is 0.352 e. The normalized spacial score (nSPS) is 11.2. The van der Waals surface area contributed by atoms with Crippen molar-refractivity contribution in [3.05, 3.63) is 102 Å². The van der Waals surface area contributed by atoms with Crippen molar-refractivity contribution in [3.63, 3.8) is 0 Å². The molecule has 2 aromatic heterocycles. The van der Waals surface area contributed by atoms with Crippen LogP contribution in [0.1, 0.15) is 28.0 Å². The van der Waals surface area contributed by atoms with Gasteiger partial charge in [-0.1, -0.05) is 18.2 Å². The van der Waals surface area contributed by atoms with Gasteiger partial charge in [0.1, 0.15) is 0 Å². The van der Waals surface area contributed by atoms with Crippen molar-refractivity contribution >= 4 is 21.6 Å². The number of benzene rings is 2. The van der Waals surface area contributed by atoms with Crippen LogP contribution < -0.4 is 10.0 Å². The first-order chi connectivity index (χ1) is 16.4. The van der Waals surface area contributed by atoms with Gasteiger partial charge in [0.2, 0.25) is 0 Å². The zero-order chi connectivity index (χ0) is 24.0. The van der Waals surface area contributed by atoms with Crippen LogP contribution in [-0.4, -0.2) is 35.6 Å². The maximum absolute atomic E-state index is 12.5. The summed E-state index contributed by atoms with van der Waals surface area (Å²) in [5, 5.41) is 7.46. The first kappa shape index (κ1) is 23.2. The van der Waals surface area contributed by atoms with Crippen molar-refractivity contribution in [1.29, 1.82) is 0 Å². The quantitative estimate of drug-likeness (QED) is 0.359. The van der Waals surface area contributed by atoms with Crippen LogP contribution in [0.25, 0.3) is 5.69 Å². The fourth-order valence-corrected chi connectivity index (χ4v) is 4.52. The van der Waals surface area contributed by atoms with Gasteiger partial charge in [0, 0.05) is 30.7 Å². The average molecular weight is 476 g/mol. The second-order valence-electron chi connectivity index (χ2n) is 7.75. The molecule has 0 aliphatic carbocycles. The molecule has 0 aliphatic rings. The highest BCUT2D eigenvalue weighted by molar-refractivity contribution is 7.92. The zero-order valence-corrected chi connectivity index (χ0v) is 19.5. The number of nitrogens with zero attached hydrogens (tertiary/aromatic N) is 3. The molecule has 9 heteroatoms. The molecule has 2 aromatic carbocycles. The van der Waals surface area contributed by atoms with Crippen molar-refractivity contribution in [2.75, 3.05) is 11.3 Å². The van der Waals surface area contributed by atoms with Gasteiger partial charge in [-0.15, -0.1) is 0 Å². The molecule has 4 rings (SSSR count). The third-order valence-electron chi connectivity index (χ3n) is 5.29. The summed E-state index contributed by atoms with van der Waals surface area (Å²) in [6.45, 7) is 2.48. The Kier molecular flexibility index (Phi) is 7.03. The number of aromatic nitrogens is 3. The van der Waals surface area contributed by atoms with Crippen LogP contribution in [0.2, 0.25) is 0 Å². The molecule has 174 valence electrons. The van der Waals surface area contributed by atoms with E-state index in [0.29, 0.717) is 17.8 Å². The van der Waals surface area contributed by atoms with Gasteiger partial charge in [-0.3, -0.25) is 14.5 Å². The molecule has 0 unspecified atom stereocenters. The maximum atomic E-state index is 12.5. The van der Waals surface area contributed by atoms with Crippen molar-refractivity contribution in [3.8, 4) is 5.69 Å². The molecule has 2 N–H and O–H groups in total. The monoisotopic (exact) mass is 475 g/mol. The number of rotatable bonds is 9. The minimum Gasteiger partial charge on any atom is -0.352 e. The van der Waals surface area contributed by atoms with E-state index >= 15 is 0 Å². The highest BCUT2D eigenvalue weighted by Gasteiger charge is 2.15. The van der Waals surface area contributed by atoms with Crippen LogP contribution in [0, 0.1) is 6.92 Å². The summed E-state index contributed by atoms with van der Waals surface area (Å²) >= 11 is 0. The van der Waals surface area contributed by atoms with E-state index in [4.69, 9.17) is 0 Å². The fourth-order valence-electron chi connectivity index (χ4n) is 3.46. The number of amides is 1. The van der Waals surface area contributed by atoms with Crippen LogP contribution in [-0.2, 0) is 16.4 Å². The van der Waals surface area contributed by atoms with E-state index in [-0.39, 0.29) is 10.8 Å². The molecule has 4 aromatic rings. The molecule has 1 amide bonds. The SMILES string of the molecule is Cc1nn(-c2ccccc2)cc1CCCNC(=O)c1ccc(S(=O)(=O)Nc2ccncc2)cc1. The highest BCUT2D eigenvalue weighted by atomic mass is 32.2. The lowest BCUT2D eigenvalue weighted by molar-refractivity contribution is 0.0953. The number of pyridine rings is 1. The van der Waals surface area contributed by atoms with Crippen LogP contribution in [0.4, 0.5) is 5.69 Å². The lowest BCUT2D eigenvalue weighted by atomic mass is 10.1. The van der Waals surface area contributed by atoms with Gasteiger partial charge >= 0.3 is 0 Å². The van der Waals surface area contributed by atoms with Gasteiger partial charge < -0.3 is 5.32 Å². The highest BCUT2D eigenvalue weighted by Crippen LogP contribution is 2.16. The molecule has 8 nitrogen and oxygen atoms in total. The molecule has 0 aliphatic heterocycles. The third kappa shape index (κ3) is 5.68. The van der Waals surface area contributed by atoms with Gasteiger partial charge in [-0.25, -0.2) is 13.1 Å². The Hall–Kier alpha value is -3.98. The summed E-state index contributed by atoms with van der Waals surface area (Å²) in [6.07, 6.45) is 6.57. The summed E-state index contributed by atoms with van der Waals surface area (Å²) < 4.78 is 29.4. The van der Waals surface area contributed by atoms with E-state index in [0.717, 1.165) is 29.8 Å². The number of sulfonamides is 1. The predicted octanol–water partition coefficient (Wildman–Crippen LogP) is 3.74. The van der Waals surface area contributed by atoms with Crippen LogP contribution in [0.15, 0.2) is 90.2 Å². The van der Waals surface area contributed by atoms with Crippen LogP contribution in [0.5, 0.6) is 0 Å². The van der Waals surface area contributed by atoms with Gasteiger partial charge in [-0.2, -0.15) is 5.10 Å². The van der Waals surface area contributed by atoms with Crippen molar-refractivity contribution in [1.82, 2.24) is 20.1 Å². The van der Waals surface area contributed by atoms with Gasteiger partial charge in [0.05, 0.1) is 22.0 Å². The van der Waals surface area contributed by atoms with Crippen LogP contribution in [0.3, 0.4) is 0 Å². The Morgan fingerprint density at radius 2 is 1.68 bits per heavy atom. The third-order valence-corrected chi connectivity index (χ3v) is 6.69. The summed E-state index contributed by atoms with van der Waals surface area (Å²) in [5.74, 6) is -0.247. The minimum absolute atomic E-state index is 0.0757. The minimum atomic E-state index is -3.75. The summed E-state index contributed by atoms with van der Waals surface area (Å²) in [4.78, 5) is 16.4. The second-order valence-corrected chi connectivity index (χ2v) is 9.43. The number of aryl methyl sites for hydroxylation is 2. The van der Waals surface area contributed by atoms with E-state index in [9.17, 15) is 13.2 Å². The van der Waals surface area contributed by atoms with Crippen molar-refractivity contribution in [2.45, 2.75) is 24.7 Å². The molecule has 0 saturated carbocycles. The van der Waals surface area contributed by atoms with Gasteiger partial charge in [0.15, 0.2) is 0 Å². The number of carbonyl (C=O) groups excluding carboxylic acids is 1. The van der Waals surface area contributed by atoms with Crippen molar-refractivity contribution in [2.24, 2.45) is 0 Å². The molecule has 0 radical (unpaired) electrons. The number of para-hydroxylation sites is 1. The molecule has 0 saturated heterocycles. The Morgan fingerprint density at radius 3 is 2.38 bits per heavy atom. The zero-order valence-electron chi connectivity index (χ0n) is 18.7. The smallest absolute Gasteiger partial charge is 0.261 e. The molecular formula is C25H25N5O3S. The topological polar surface area (TPSA) is 106 Å². The number of hydrogen-bond acceptors (Lipinski definition) is 5. The second kappa shape index (κ2) is 10.3. The van der Waals surface area contributed by atoms with E-state index in [1.54, 1.807) is 12.1 Å². The van der Waals surface area contributed by atoms with Crippen molar-refractivity contribution < 1.29 is 13.2 Å². The number of anilines is 1. The lowest BCUT2D eigenvalue weighted by Crippen LogP contribution is -2.24. The van der Waals surface area contributed by atoms with E-state index in [1.807, 2.05) is 48.1 Å². The maximum Gasteiger partial charge on any atom is 0.261 e. The average Bonchev–Trinajstić information content (AvgIpc) is 3.23. The molecule has 2 heterocycles. The number of nitrogens with one attached hydrogen (secondary N) is 2. The number of hydrogen-bond donors (Lipinski definition) is 2. The number of carbonyl (C=O) groups is 1. The fraction of sp³-hybridized carbons (Fsp3) is 0.160. The molecule has 0 bridgehead atoms. The first-order valence-corrected chi connectivity index (χ1v) is 12.3. The Morgan fingerprint density at radius 1 is 0.971 bits per heavy atom. The Balaban J connectivity index is 1.29. The van der Waals surface area contributed by atoms with Gasteiger partial charge in [-0.05, 0) is 73.9 Å². The first-order valence-electron chi connectivity index (χ1n) is 10.8. The lowest BCUT2D eigenvalue weighted by Gasteiger charge is -2.09. The Bertz CT molecular complexity index is 1350. The molecule has 0 spiro atoms. The molecule has 0 fully saturated rings. The molecular weight excluding hydrogens is 450 g/mol. The van der Waals surface area contributed by atoms with E-state index in [1.165, 1.54) is 36.7 Å². The Labute approximate surface area is 198 Å². The summed E-state index contributed by atoms with van der Waals surface area (Å²) in [6, 6.07) is 18.9.